The van der Waals surface area contributed by atoms with Crippen molar-refractivity contribution in [1.82, 2.24) is 4.57 Å². The van der Waals surface area contributed by atoms with Gasteiger partial charge in [0.05, 0.1) is 11.0 Å². The van der Waals surface area contributed by atoms with Gasteiger partial charge in [0.25, 0.3) is 0 Å². The molecule has 0 fully saturated rings. The highest BCUT2D eigenvalue weighted by atomic mass is 15.1. The lowest BCUT2D eigenvalue weighted by molar-refractivity contribution is 1.09. The van der Waals surface area contributed by atoms with E-state index in [0.717, 1.165) is 23.4 Å². The van der Waals surface area contributed by atoms with Gasteiger partial charge in [-0.05, 0) is 71.3 Å². The molecular formula is C37H28N2. The molecule has 0 saturated carbocycles. The van der Waals surface area contributed by atoms with Crippen LogP contribution in [0.25, 0.3) is 44.2 Å². The third-order valence-corrected chi connectivity index (χ3v) is 7.55. The molecule has 186 valence electrons. The molecule has 0 radical (unpaired) electrons. The van der Waals surface area contributed by atoms with E-state index in [1.54, 1.807) is 0 Å². The fraction of sp³-hybridized carbons (Fsp3) is 0.0270. The van der Waals surface area contributed by atoms with E-state index < -0.39 is 0 Å². The summed E-state index contributed by atoms with van der Waals surface area (Å²) in [7, 11) is 0. The Balaban J connectivity index is 1.40. The molecule has 39 heavy (non-hydrogen) atoms. The Kier molecular flexibility index (Phi) is 5.71. The molecular weight excluding hydrogens is 472 g/mol. The van der Waals surface area contributed by atoms with E-state index in [0.29, 0.717) is 0 Å². The minimum atomic E-state index is 0.791. The van der Waals surface area contributed by atoms with Crippen LogP contribution in [-0.2, 0) is 0 Å². The maximum atomic E-state index is 4.44. The molecule has 0 spiro atoms. The summed E-state index contributed by atoms with van der Waals surface area (Å²) in [4.78, 5) is 2.35. The van der Waals surface area contributed by atoms with Gasteiger partial charge in [0.15, 0.2) is 0 Å². The summed E-state index contributed by atoms with van der Waals surface area (Å²) in [5.74, 6) is 0. The Morgan fingerprint density at radius 1 is 0.564 bits per heavy atom. The normalized spacial score (nSPS) is 15.0. The van der Waals surface area contributed by atoms with Crippen LogP contribution in [0.15, 0.2) is 152 Å². The maximum absolute atomic E-state index is 4.44. The van der Waals surface area contributed by atoms with Gasteiger partial charge in [0.2, 0.25) is 0 Å². The third-order valence-electron chi connectivity index (χ3n) is 7.55. The van der Waals surface area contributed by atoms with E-state index in [-0.39, 0.29) is 0 Å². The highest BCUT2D eigenvalue weighted by Crippen LogP contribution is 2.39. The van der Waals surface area contributed by atoms with Crippen LogP contribution in [0.1, 0.15) is 5.56 Å². The fourth-order valence-corrected chi connectivity index (χ4v) is 5.67. The van der Waals surface area contributed by atoms with Gasteiger partial charge in [-0.25, -0.2) is 0 Å². The largest absolute Gasteiger partial charge is 0.337 e. The van der Waals surface area contributed by atoms with Gasteiger partial charge in [-0.1, -0.05) is 97.6 Å². The Morgan fingerprint density at radius 3 is 2.05 bits per heavy atom. The number of hydrogen-bond donors (Lipinski definition) is 0. The Morgan fingerprint density at radius 2 is 1.23 bits per heavy atom. The Hall–Kier alpha value is -5.08. The summed E-state index contributed by atoms with van der Waals surface area (Å²) in [6, 6.07) is 43.5. The zero-order valence-corrected chi connectivity index (χ0v) is 21.7. The van der Waals surface area contributed by atoms with Crippen LogP contribution < -0.4 is 4.90 Å². The van der Waals surface area contributed by atoms with Crippen LogP contribution >= 0.6 is 0 Å². The van der Waals surface area contributed by atoms with Crippen molar-refractivity contribution >= 4 is 38.8 Å². The lowest BCUT2D eigenvalue weighted by atomic mass is 9.96. The summed E-state index contributed by atoms with van der Waals surface area (Å²) in [5.41, 5.74) is 10.5. The van der Waals surface area contributed by atoms with Crippen LogP contribution in [0.3, 0.4) is 0 Å². The van der Waals surface area contributed by atoms with Crippen molar-refractivity contribution in [2.24, 2.45) is 0 Å². The van der Waals surface area contributed by atoms with E-state index >= 15 is 0 Å². The molecule has 0 bridgehead atoms. The van der Waals surface area contributed by atoms with E-state index in [1.807, 2.05) is 0 Å². The molecule has 1 aromatic heterocycles. The molecule has 0 atom stereocenters. The van der Waals surface area contributed by atoms with Crippen molar-refractivity contribution < 1.29 is 0 Å². The van der Waals surface area contributed by atoms with Crippen LogP contribution in [0.2, 0.25) is 0 Å². The number of fused-ring (bicyclic) bond motifs is 4. The standard InChI is InChI=1S/C37H28N2/c1-27-13-5-4-12-24-38(30-14-6-2-7-15-30)35-22-20-28(25-33(27)35)29-21-23-37-34(26-29)32-18-10-11-19-36(32)39(37)31-16-8-3-9-17-31/h2-23,25-26H,1,24H2/b12-4-,13-5-. The summed E-state index contributed by atoms with van der Waals surface area (Å²) < 4.78 is 2.36. The van der Waals surface area contributed by atoms with Gasteiger partial charge in [-0.2, -0.15) is 0 Å². The topological polar surface area (TPSA) is 8.17 Å². The molecule has 0 amide bonds. The predicted molar refractivity (Wildman–Crippen MR) is 167 cm³/mol. The number of allylic oxidation sites excluding steroid dienone is 4. The molecule has 7 rings (SSSR count). The smallest absolute Gasteiger partial charge is 0.0541 e. The lowest BCUT2D eigenvalue weighted by Gasteiger charge is -2.27. The van der Waals surface area contributed by atoms with Crippen molar-refractivity contribution in [3.05, 3.63) is 158 Å². The molecule has 0 N–H and O–H groups in total. The summed E-state index contributed by atoms with van der Waals surface area (Å²) >= 11 is 0. The predicted octanol–water partition coefficient (Wildman–Crippen LogP) is 9.73. The summed E-state index contributed by atoms with van der Waals surface area (Å²) in [6.07, 6.45) is 8.47. The number of hydrogen-bond acceptors (Lipinski definition) is 1. The molecule has 0 unspecified atom stereocenters. The number of para-hydroxylation sites is 3. The highest BCUT2D eigenvalue weighted by Gasteiger charge is 2.17. The number of anilines is 2. The van der Waals surface area contributed by atoms with E-state index in [9.17, 15) is 0 Å². The maximum Gasteiger partial charge on any atom is 0.0541 e. The van der Waals surface area contributed by atoms with Crippen LogP contribution in [0, 0.1) is 0 Å². The summed E-state index contributed by atoms with van der Waals surface area (Å²) in [5, 5.41) is 2.51. The van der Waals surface area contributed by atoms with Crippen molar-refractivity contribution in [2.75, 3.05) is 11.4 Å². The first kappa shape index (κ1) is 23.1. The molecule has 6 aromatic rings. The van der Waals surface area contributed by atoms with Crippen LogP contribution in [-0.4, -0.2) is 11.1 Å². The quantitative estimate of drug-likeness (QED) is 0.235. The van der Waals surface area contributed by atoms with Crippen LogP contribution in [0.5, 0.6) is 0 Å². The second kappa shape index (κ2) is 9.66. The average molecular weight is 501 g/mol. The minimum Gasteiger partial charge on any atom is -0.337 e. The molecule has 1 aliphatic rings. The zero-order valence-electron chi connectivity index (χ0n) is 21.7. The second-order valence-electron chi connectivity index (χ2n) is 9.91. The van der Waals surface area contributed by atoms with Gasteiger partial charge in [0, 0.05) is 39.9 Å². The van der Waals surface area contributed by atoms with E-state index in [2.05, 4.69) is 162 Å². The SMILES string of the molecule is C=C1/C=C\C=C/CN(c2ccccc2)c2ccc(-c3ccc4c(c3)c3ccccc3n4-c3ccccc3)cc21. The Labute approximate surface area is 229 Å². The number of benzene rings is 5. The number of rotatable bonds is 3. The van der Waals surface area contributed by atoms with Crippen LogP contribution in [0.4, 0.5) is 11.4 Å². The van der Waals surface area contributed by atoms with Crippen molar-refractivity contribution in [3.8, 4) is 16.8 Å². The molecule has 2 heterocycles. The molecule has 0 saturated heterocycles. The molecule has 2 heteroatoms. The van der Waals surface area contributed by atoms with Gasteiger partial charge in [0.1, 0.15) is 0 Å². The average Bonchev–Trinajstić information content (AvgIpc) is 3.36. The first-order chi connectivity index (χ1) is 19.3. The van der Waals surface area contributed by atoms with Gasteiger partial charge < -0.3 is 9.47 Å². The second-order valence-corrected chi connectivity index (χ2v) is 9.91. The van der Waals surface area contributed by atoms with Crippen molar-refractivity contribution in [1.29, 1.82) is 0 Å². The van der Waals surface area contributed by atoms with E-state index in [4.69, 9.17) is 0 Å². The zero-order chi connectivity index (χ0) is 26.2. The monoisotopic (exact) mass is 500 g/mol. The van der Waals surface area contributed by atoms with Crippen molar-refractivity contribution in [2.45, 2.75) is 0 Å². The van der Waals surface area contributed by atoms with Gasteiger partial charge in [-0.3, -0.25) is 0 Å². The summed E-state index contributed by atoms with van der Waals surface area (Å²) in [6.45, 7) is 5.23. The number of aromatic nitrogens is 1. The fourth-order valence-electron chi connectivity index (χ4n) is 5.67. The minimum absolute atomic E-state index is 0.791. The number of nitrogens with zero attached hydrogens (tertiary/aromatic N) is 2. The van der Waals surface area contributed by atoms with Gasteiger partial charge >= 0.3 is 0 Å². The highest BCUT2D eigenvalue weighted by molar-refractivity contribution is 6.10. The molecule has 0 aliphatic carbocycles. The first-order valence-electron chi connectivity index (χ1n) is 13.4. The third kappa shape index (κ3) is 4.07. The molecule has 2 nitrogen and oxygen atoms in total. The van der Waals surface area contributed by atoms with E-state index in [1.165, 1.54) is 44.3 Å². The first-order valence-corrected chi connectivity index (χ1v) is 13.4. The molecule has 1 aliphatic heterocycles. The van der Waals surface area contributed by atoms with Gasteiger partial charge in [-0.15, -0.1) is 0 Å². The molecule has 5 aromatic carbocycles. The lowest BCUT2D eigenvalue weighted by Crippen LogP contribution is -2.18. The van der Waals surface area contributed by atoms with Crippen molar-refractivity contribution in [3.63, 3.8) is 0 Å². The Bertz CT molecular complexity index is 1890.